The van der Waals surface area contributed by atoms with Crippen molar-refractivity contribution in [3.63, 3.8) is 0 Å². The van der Waals surface area contributed by atoms with Crippen molar-refractivity contribution in [2.45, 2.75) is 32.1 Å². The van der Waals surface area contributed by atoms with Crippen LogP contribution in [-0.4, -0.2) is 25.5 Å². The van der Waals surface area contributed by atoms with E-state index in [1.807, 2.05) is 24.3 Å². The van der Waals surface area contributed by atoms with E-state index in [2.05, 4.69) is 10.6 Å². The summed E-state index contributed by atoms with van der Waals surface area (Å²) < 4.78 is 0. The normalized spacial score (nSPS) is 16.1. The first-order chi connectivity index (χ1) is 9.74. The fraction of sp³-hybridized carbons (Fsp3) is 0.562. The molecule has 1 saturated heterocycles. The molecule has 0 bridgehead atoms. The highest BCUT2D eigenvalue weighted by atomic mass is 35.5. The summed E-state index contributed by atoms with van der Waals surface area (Å²) in [5.41, 5.74) is 1.20. The van der Waals surface area contributed by atoms with Crippen LogP contribution in [0.1, 0.15) is 31.2 Å². The lowest BCUT2D eigenvalue weighted by molar-refractivity contribution is -0.121. The van der Waals surface area contributed by atoms with E-state index >= 15 is 0 Å². The fourth-order valence-electron chi connectivity index (χ4n) is 2.59. The van der Waals surface area contributed by atoms with Crippen LogP contribution in [0.15, 0.2) is 24.3 Å². The molecule has 0 unspecified atom stereocenters. The van der Waals surface area contributed by atoms with Gasteiger partial charge in [0, 0.05) is 18.0 Å². The fourth-order valence-corrected chi connectivity index (χ4v) is 2.72. The van der Waals surface area contributed by atoms with E-state index in [1.165, 1.54) is 18.4 Å². The summed E-state index contributed by atoms with van der Waals surface area (Å²) in [6.07, 6.45) is 4.95. The Balaban J connectivity index is 1.58. The lowest BCUT2D eigenvalue weighted by Crippen LogP contribution is -2.30. The van der Waals surface area contributed by atoms with E-state index in [9.17, 15) is 4.79 Å². The minimum Gasteiger partial charge on any atom is -0.356 e. The number of nitrogens with one attached hydrogen (secondary N) is 2. The van der Waals surface area contributed by atoms with Crippen LogP contribution in [0.4, 0.5) is 0 Å². The van der Waals surface area contributed by atoms with E-state index in [0.29, 0.717) is 13.0 Å². The zero-order valence-electron chi connectivity index (χ0n) is 11.8. The van der Waals surface area contributed by atoms with Gasteiger partial charge < -0.3 is 10.6 Å². The predicted octanol–water partition coefficient (Wildman–Crippen LogP) is 2.78. The summed E-state index contributed by atoms with van der Waals surface area (Å²) in [4.78, 5) is 11.8. The Morgan fingerprint density at radius 3 is 2.65 bits per heavy atom. The quantitative estimate of drug-likeness (QED) is 0.847. The van der Waals surface area contributed by atoms with Crippen LogP contribution in [0.3, 0.4) is 0 Å². The van der Waals surface area contributed by atoms with Gasteiger partial charge in [-0.05, 0) is 62.4 Å². The molecule has 20 heavy (non-hydrogen) atoms. The molecule has 0 aliphatic carbocycles. The molecule has 110 valence electrons. The summed E-state index contributed by atoms with van der Waals surface area (Å²) in [5.74, 6) is 0.899. The van der Waals surface area contributed by atoms with Crippen LogP contribution >= 0.6 is 11.6 Å². The van der Waals surface area contributed by atoms with Gasteiger partial charge in [0.15, 0.2) is 0 Å². The topological polar surface area (TPSA) is 41.1 Å². The van der Waals surface area contributed by atoms with E-state index in [0.717, 1.165) is 36.9 Å². The number of amides is 1. The van der Waals surface area contributed by atoms with Gasteiger partial charge in [-0.25, -0.2) is 0 Å². The first kappa shape index (κ1) is 15.3. The first-order valence-corrected chi connectivity index (χ1v) is 7.83. The third kappa shape index (κ3) is 5.51. The predicted molar refractivity (Wildman–Crippen MR) is 83.0 cm³/mol. The molecule has 0 spiro atoms. The lowest BCUT2D eigenvalue weighted by atomic mass is 9.93. The molecule has 1 aromatic carbocycles. The Kier molecular flexibility index (Phi) is 6.34. The van der Waals surface area contributed by atoms with Crippen molar-refractivity contribution in [2.75, 3.05) is 19.6 Å². The average Bonchev–Trinajstić information content (AvgIpc) is 2.48. The minimum absolute atomic E-state index is 0.178. The standard InChI is InChI=1S/C16H23ClN2O/c17-15-4-1-13(2-5-15)9-12-19-16(20)6-3-14-7-10-18-11-8-14/h1-2,4-5,14,18H,3,6-12H2,(H,19,20). The Bertz CT molecular complexity index is 413. The maximum Gasteiger partial charge on any atom is 0.220 e. The Hall–Kier alpha value is -1.06. The van der Waals surface area contributed by atoms with Crippen molar-refractivity contribution in [1.82, 2.24) is 10.6 Å². The van der Waals surface area contributed by atoms with Gasteiger partial charge in [-0.15, -0.1) is 0 Å². The van der Waals surface area contributed by atoms with E-state index in [4.69, 9.17) is 11.6 Å². The lowest BCUT2D eigenvalue weighted by Gasteiger charge is -2.22. The Morgan fingerprint density at radius 2 is 1.95 bits per heavy atom. The molecule has 1 aliphatic heterocycles. The van der Waals surface area contributed by atoms with Crippen molar-refractivity contribution in [3.8, 4) is 0 Å². The second-order valence-corrected chi connectivity index (χ2v) is 5.89. The van der Waals surface area contributed by atoms with Gasteiger partial charge >= 0.3 is 0 Å². The molecule has 1 aliphatic rings. The number of hydrogen-bond acceptors (Lipinski definition) is 2. The zero-order valence-corrected chi connectivity index (χ0v) is 12.6. The Labute approximate surface area is 126 Å². The monoisotopic (exact) mass is 294 g/mol. The number of carbonyl (C=O) groups excluding carboxylic acids is 1. The van der Waals surface area contributed by atoms with Crippen LogP contribution in [0.5, 0.6) is 0 Å². The van der Waals surface area contributed by atoms with Crippen molar-refractivity contribution in [3.05, 3.63) is 34.9 Å². The largest absolute Gasteiger partial charge is 0.356 e. The van der Waals surface area contributed by atoms with Gasteiger partial charge in [0.2, 0.25) is 5.91 Å². The molecule has 1 heterocycles. The SMILES string of the molecule is O=C(CCC1CCNCC1)NCCc1ccc(Cl)cc1. The van der Waals surface area contributed by atoms with Crippen LogP contribution in [0, 0.1) is 5.92 Å². The van der Waals surface area contributed by atoms with Crippen molar-refractivity contribution in [1.29, 1.82) is 0 Å². The maximum absolute atomic E-state index is 11.8. The molecule has 0 atom stereocenters. The van der Waals surface area contributed by atoms with E-state index < -0.39 is 0 Å². The summed E-state index contributed by atoms with van der Waals surface area (Å²) in [7, 11) is 0. The van der Waals surface area contributed by atoms with Gasteiger partial charge in [-0.1, -0.05) is 23.7 Å². The highest BCUT2D eigenvalue weighted by molar-refractivity contribution is 6.30. The molecule has 3 nitrogen and oxygen atoms in total. The van der Waals surface area contributed by atoms with Gasteiger partial charge in [-0.2, -0.15) is 0 Å². The van der Waals surface area contributed by atoms with E-state index in [-0.39, 0.29) is 5.91 Å². The van der Waals surface area contributed by atoms with Crippen LogP contribution in [0.2, 0.25) is 5.02 Å². The van der Waals surface area contributed by atoms with Crippen molar-refractivity contribution < 1.29 is 4.79 Å². The molecule has 2 N–H and O–H groups in total. The molecular weight excluding hydrogens is 272 g/mol. The number of benzene rings is 1. The summed E-state index contributed by atoms with van der Waals surface area (Å²) in [5, 5.41) is 7.10. The van der Waals surface area contributed by atoms with Crippen molar-refractivity contribution >= 4 is 17.5 Å². The first-order valence-electron chi connectivity index (χ1n) is 7.46. The van der Waals surface area contributed by atoms with Crippen molar-refractivity contribution in [2.24, 2.45) is 5.92 Å². The third-order valence-electron chi connectivity index (χ3n) is 3.89. The summed E-state index contributed by atoms with van der Waals surface area (Å²) in [6, 6.07) is 7.78. The highest BCUT2D eigenvalue weighted by Gasteiger charge is 2.14. The summed E-state index contributed by atoms with van der Waals surface area (Å²) in [6.45, 7) is 2.90. The second kappa shape index (κ2) is 8.28. The third-order valence-corrected chi connectivity index (χ3v) is 4.14. The van der Waals surface area contributed by atoms with E-state index in [1.54, 1.807) is 0 Å². The minimum atomic E-state index is 0.178. The maximum atomic E-state index is 11.8. The van der Waals surface area contributed by atoms with Crippen LogP contribution in [-0.2, 0) is 11.2 Å². The molecule has 1 aromatic rings. The summed E-state index contributed by atoms with van der Waals surface area (Å²) >= 11 is 5.84. The molecule has 1 fully saturated rings. The number of rotatable bonds is 6. The molecule has 4 heteroatoms. The van der Waals surface area contributed by atoms with Gasteiger partial charge in [0.05, 0.1) is 0 Å². The molecule has 0 radical (unpaired) electrons. The molecule has 0 saturated carbocycles. The highest BCUT2D eigenvalue weighted by Crippen LogP contribution is 2.17. The average molecular weight is 295 g/mol. The number of halogens is 1. The van der Waals surface area contributed by atoms with Crippen LogP contribution < -0.4 is 10.6 Å². The molecule has 0 aromatic heterocycles. The second-order valence-electron chi connectivity index (χ2n) is 5.46. The Morgan fingerprint density at radius 1 is 1.25 bits per heavy atom. The van der Waals surface area contributed by atoms with Gasteiger partial charge in [-0.3, -0.25) is 4.79 Å². The van der Waals surface area contributed by atoms with Gasteiger partial charge in [0.25, 0.3) is 0 Å². The number of hydrogen-bond donors (Lipinski definition) is 2. The smallest absolute Gasteiger partial charge is 0.220 e. The zero-order chi connectivity index (χ0) is 14.2. The number of carbonyl (C=O) groups is 1. The molecule has 1 amide bonds. The molecular formula is C16H23ClN2O. The number of piperidine rings is 1. The molecule has 2 rings (SSSR count). The van der Waals surface area contributed by atoms with Gasteiger partial charge in [0.1, 0.15) is 0 Å². The van der Waals surface area contributed by atoms with Crippen LogP contribution in [0.25, 0.3) is 0 Å².